The Labute approximate surface area is 191 Å². The number of ether oxygens (including phenoxy) is 1. The summed E-state index contributed by atoms with van der Waals surface area (Å²) in [5.41, 5.74) is 0.463. The molecule has 0 unspecified atom stereocenters. The first-order valence-corrected chi connectivity index (χ1v) is 12.5. The van der Waals surface area contributed by atoms with E-state index in [1.807, 2.05) is 0 Å². The molecule has 4 aromatic rings. The van der Waals surface area contributed by atoms with E-state index in [1.165, 1.54) is 86.1 Å². The number of fused-ring (bicyclic) bond motifs is 1. The number of hydrogen-bond acceptors (Lipinski definition) is 7. The molecule has 0 atom stereocenters. The van der Waals surface area contributed by atoms with E-state index in [9.17, 15) is 21.6 Å². The number of rotatable bonds is 6. The van der Waals surface area contributed by atoms with Crippen molar-refractivity contribution >= 4 is 42.6 Å². The number of nitrogens with zero attached hydrogens (tertiary/aromatic N) is 2. The van der Waals surface area contributed by atoms with Gasteiger partial charge in [0.1, 0.15) is 0 Å². The van der Waals surface area contributed by atoms with Gasteiger partial charge in [-0.15, -0.1) is 0 Å². The smallest absolute Gasteiger partial charge is 0.339 e. The van der Waals surface area contributed by atoms with Crippen molar-refractivity contribution in [3.8, 4) is 0 Å². The van der Waals surface area contributed by atoms with Crippen LogP contribution in [0.5, 0.6) is 0 Å². The van der Waals surface area contributed by atoms with Gasteiger partial charge in [0.15, 0.2) is 0 Å². The molecule has 33 heavy (non-hydrogen) atoms. The van der Waals surface area contributed by atoms with E-state index >= 15 is 0 Å². The molecule has 3 aromatic carbocycles. The number of aromatic nitrogens is 1. The first kappa shape index (κ1) is 22.4. The van der Waals surface area contributed by atoms with Crippen LogP contribution in [0.3, 0.4) is 0 Å². The fourth-order valence-corrected chi connectivity index (χ4v) is 6.96. The molecular weight excluding hydrogens is 464 g/mol. The van der Waals surface area contributed by atoms with Crippen molar-refractivity contribution in [2.24, 2.45) is 0 Å². The molecule has 0 spiro atoms. The Balaban J connectivity index is 1.97. The van der Waals surface area contributed by atoms with Gasteiger partial charge in [-0.25, -0.2) is 21.6 Å². The minimum Gasteiger partial charge on any atom is -0.465 e. The van der Waals surface area contributed by atoms with Gasteiger partial charge in [0.2, 0.25) is 0 Å². The van der Waals surface area contributed by atoms with Crippen molar-refractivity contribution in [2.75, 3.05) is 10.8 Å². The van der Waals surface area contributed by atoms with Crippen LogP contribution in [0.25, 0.3) is 10.9 Å². The van der Waals surface area contributed by atoms with E-state index in [2.05, 4.69) is 4.98 Å². The van der Waals surface area contributed by atoms with Crippen molar-refractivity contribution in [2.45, 2.75) is 9.79 Å². The van der Waals surface area contributed by atoms with Crippen LogP contribution < -0.4 is 3.71 Å². The fraction of sp³-hybridized carbons (Fsp3) is 0.0435. The number of carbonyl (C=O) groups excluding carboxylic acids is 1. The summed E-state index contributed by atoms with van der Waals surface area (Å²) in [6.45, 7) is 0. The molecule has 0 radical (unpaired) electrons. The average molecular weight is 483 g/mol. The zero-order chi connectivity index (χ0) is 23.6. The van der Waals surface area contributed by atoms with E-state index in [1.54, 1.807) is 12.1 Å². The number of pyridine rings is 1. The van der Waals surface area contributed by atoms with Crippen molar-refractivity contribution < 1.29 is 26.4 Å². The van der Waals surface area contributed by atoms with Crippen molar-refractivity contribution in [3.05, 3.63) is 96.7 Å². The monoisotopic (exact) mass is 482 g/mol. The maximum atomic E-state index is 13.6. The molecular formula is C23H18N2O6S2. The molecule has 1 aromatic heterocycles. The Bertz CT molecular complexity index is 1470. The number of carbonyl (C=O) groups is 1. The Kier molecular flexibility index (Phi) is 5.88. The highest BCUT2D eigenvalue weighted by Crippen LogP contribution is 2.32. The van der Waals surface area contributed by atoms with Gasteiger partial charge >= 0.3 is 5.97 Å². The molecule has 0 aliphatic heterocycles. The van der Waals surface area contributed by atoms with Gasteiger partial charge in [0, 0.05) is 11.6 Å². The molecule has 0 aliphatic carbocycles. The lowest BCUT2D eigenvalue weighted by atomic mass is 10.1. The highest BCUT2D eigenvalue weighted by Gasteiger charge is 2.37. The second kappa shape index (κ2) is 8.64. The quantitative estimate of drug-likeness (QED) is 0.386. The maximum Gasteiger partial charge on any atom is 0.339 e. The van der Waals surface area contributed by atoms with Crippen molar-refractivity contribution in [3.63, 3.8) is 0 Å². The Morgan fingerprint density at radius 3 is 1.85 bits per heavy atom. The number of benzene rings is 3. The van der Waals surface area contributed by atoms with Gasteiger partial charge in [-0.1, -0.05) is 36.4 Å². The summed E-state index contributed by atoms with van der Waals surface area (Å²) < 4.78 is 59.4. The summed E-state index contributed by atoms with van der Waals surface area (Å²) in [6.07, 6.45) is 1.33. The van der Waals surface area contributed by atoms with E-state index in [0.29, 0.717) is 14.6 Å². The third kappa shape index (κ3) is 4.18. The zero-order valence-electron chi connectivity index (χ0n) is 17.3. The number of sulfonamides is 2. The molecule has 0 fully saturated rings. The third-order valence-corrected chi connectivity index (χ3v) is 9.02. The van der Waals surface area contributed by atoms with Gasteiger partial charge < -0.3 is 4.74 Å². The number of esters is 1. The van der Waals surface area contributed by atoms with Crippen LogP contribution in [0.4, 0.5) is 5.69 Å². The molecule has 0 N–H and O–H groups in total. The van der Waals surface area contributed by atoms with Gasteiger partial charge in [0.25, 0.3) is 20.0 Å². The minimum atomic E-state index is -4.53. The lowest BCUT2D eigenvalue weighted by Crippen LogP contribution is -2.37. The van der Waals surface area contributed by atoms with Crippen LogP contribution in [0.1, 0.15) is 10.4 Å². The predicted octanol–water partition coefficient (Wildman–Crippen LogP) is 3.61. The molecule has 0 saturated heterocycles. The fourth-order valence-electron chi connectivity index (χ4n) is 3.25. The van der Waals surface area contributed by atoms with Crippen LogP contribution in [0.2, 0.25) is 0 Å². The molecule has 0 amide bonds. The minimum absolute atomic E-state index is 0.126. The summed E-state index contributed by atoms with van der Waals surface area (Å²) >= 11 is 0. The molecule has 8 nitrogen and oxygen atoms in total. The molecule has 0 bridgehead atoms. The summed E-state index contributed by atoms with van der Waals surface area (Å²) in [5.74, 6) is -0.625. The molecule has 4 rings (SSSR count). The lowest BCUT2D eigenvalue weighted by molar-refractivity contribution is 0.0600. The molecule has 10 heteroatoms. The summed E-state index contributed by atoms with van der Waals surface area (Å²) in [7, 11) is -7.83. The summed E-state index contributed by atoms with van der Waals surface area (Å²) in [5, 5.41) is 0.368. The van der Waals surface area contributed by atoms with Crippen molar-refractivity contribution in [1.29, 1.82) is 0 Å². The highest BCUT2D eigenvalue weighted by atomic mass is 32.3. The maximum absolute atomic E-state index is 13.6. The van der Waals surface area contributed by atoms with Crippen LogP contribution in [0, 0.1) is 0 Å². The van der Waals surface area contributed by atoms with Crippen LogP contribution in [-0.4, -0.2) is 34.9 Å². The van der Waals surface area contributed by atoms with Crippen molar-refractivity contribution in [1.82, 2.24) is 4.98 Å². The number of methoxy groups -OCH3 is 1. The van der Waals surface area contributed by atoms with E-state index in [-0.39, 0.29) is 21.0 Å². The van der Waals surface area contributed by atoms with E-state index in [4.69, 9.17) is 4.74 Å². The van der Waals surface area contributed by atoms with Crippen LogP contribution in [0.15, 0.2) is 101 Å². The van der Waals surface area contributed by atoms with Gasteiger partial charge in [-0.2, -0.15) is 3.71 Å². The molecule has 0 saturated carbocycles. The average Bonchev–Trinajstić information content (AvgIpc) is 2.84. The van der Waals surface area contributed by atoms with Gasteiger partial charge in [-0.3, -0.25) is 4.98 Å². The molecule has 0 aliphatic rings. The molecule has 1 heterocycles. The van der Waals surface area contributed by atoms with E-state index in [0.717, 1.165) is 0 Å². The Morgan fingerprint density at radius 2 is 1.33 bits per heavy atom. The SMILES string of the molecule is COC(=O)c1cnc2ccc(N(S(=O)(=O)c3ccccc3)S(=O)(=O)c3ccccc3)cc2c1. The van der Waals surface area contributed by atoms with Gasteiger partial charge in [-0.05, 0) is 48.5 Å². The van der Waals surface area contributed by atoms with Gasteiger partial charge in [0.05, 0.1) is 33.7 Å². The standard InChI is InChI=1S/C23H18N2O6S2/c1-31-23(26)18-14-17-15-19(12-13-22(17)24-16-18)25(32(27,28)20-8-4-2-5-9-20)33(29,30)21-10-6-3-7-11-21/h2-16H,1H3. The largest absolute Gasteiger partial charge is 0.465 e. The first-order chi connectivity index (χ1) is 15.7. The second-order valence-corrected chi connectivity index (χ2v) is 10.7. The topological polar surface area (TPSA) is 111 Å². The van der Waals surface area contributed by atoms with Crippen LogP contribution in [-0.2, 0) is 24.8 Å². The zero-order valence-corrected chi connectivity index (χ0v) is 19.0. The Hall–Kier alpha value is -3.76. The normalized spacial score (nSPS) is 11.8. The number of anilines is 1. The third-order valence-electron chi connectivity index (χ3n) is 4.82. The number of hydrogen-bond donors (Lipinski definition) is 0. The first-order valence-electron chi connectivity index (χ1n) is 9.64. The summed E-state index contributed by atoms with van der Waals surface area (Å²) in [4.78, 5) is 15.7. The highest BCUT2D eigenvalue weighted by molar-refractivity contribution is 8.10. The van der Waals surface area contributed by atoms with Crippen LogP contribution >= 0.6 is 0 Å². The summed E-state index contributed by atoms with van der Waals surface area (Å²) in [6, 6.07) is 20.2. The Morgan fingerprint density at radius 1 is 0.788 bits per heavy atom. The second-order valence-electron chi connectivity index (χ2n) is 6.93. The van der Waals surface area contributed by atoms with E-state index < -0.39 is 26.0 Å². The molecule has 168 valence electrons. The lowest BCUT2D eigenvalue weighted by Gasteiger charge is -2.24. The predicted molar refractivity (Wildman–Crippen MR) is 123 cm³/mol.